The molecule has 0 saturated carbocycles. The Morgan fingerprint density at radius 3 is 1.42 bits per heavy atom. The molecule has 0 spiro atoms. The van der Waals surface area contributed by atoms with E-state index in [1.165, 1.54) is 0 Å². The summed E-state index contributed by atoms with van der Waals surface area (Å²) in [7, 11) is 0. The molecule has 0 aromatic heterocycles. The molecule has 24 heavy (non-hydrogen) atoms. The number of carbonyl (C=O) groups excluding carboxylic acids is 2. The largest absolute Gasteiger partial charge is 1.00 e. The van der Waals surface area contributed by atoms with Crippen molar-refractivity contribution in [1.82, 2.24) is 0 Å². The fraction of sp³-hybridized carbons (Fsp3) is 0.500. The molecule has 122 valence electrons. The quantitative estimate of drug-likeness (QED) is 0.373. The third-order valence-corrected chi connectivity index (χ3v) is 3.52. The fourth-order valence-corrected chi connectivity index (χ4v) is 2.29. The van der Waals surface area contributed by atoms with Gasteiger partial charge in [-0.3, -0.25) is 0 Å². The summed E-state index contributed by atoms with van der Waals surface area (Å²) < 4.78 is 0. The monoisotopic (exact) mass is 384 g/mol. The molecule has 0 unspecified atom stereocenters. The molecule has 0 fully saturated rings. The first-order valence-electron chi connectivity index (χ1n) is 7.47. The summed E-state index contributed by atoms with van der Waals surface area (Å²) in [6, 6.07) is 7.65. The van der Waals surface area contributed by atoms with Gasteiger partial charge in [0.25, 0.3) is 0 Å². The molecular formula is C16H22K2N2O4. The molecule has 0 atom stereocenters. The number of nitrogens with zero attached hydrogens (tertiary/aromatic N) is 2. The molecule has 6 nitrogen and oxygen atoms in total. The number of hydrogen-bond acceptors (Lipinski definition) is 6. The van der Waals surface area contributed by atoms with E-state index in [1.807, 2.05) is 24.3 Å². The van der Waals surface area contributed by atoms with Crippen molar-refractivity contribution in [2.45, 2.75) is 26.7 Å². The van der Waals surface area contributed by atoms with Crippen LogP contribution in [0.2, 0.25) is 0 Å². The molecule has 0 radical (unpaired) electrons. The van der Waals surface area contributed by atoms with Gasteiger partial charge >= 0.3 is 103 Å². The van der Waals surface area contributed by atoms with Gasteiger partial charge < -0.3 is 29.6 Å². The molecule has 0 aliphatic heterocycles. The van der Waals surface area contributed by atoms with Crippen LogP contribution in [-0.2, 0) is 9.59 Å². The second kappa shape index (κ2) is 15.1. The fourth-order valence-electron chi connectivity index (χ4n) is 2.29. The Morgan fingerprint density at radius 2 is 1.12 bits per heavy atom. The number of anilines is 2. The number of carboxylic acids is 2. The van der Waals surface area contributed by atoms with Crippen LogP contribution >= 0.6 is 0 Å². The number of carbonyl (C=O) groups is 2. The zero-order chi connectivity index (χ0) is 16.5. The van der Waals surface area contributed by atoms with E-state index < -0.39 is 11.9 Å². The van der Waals surface area contributed by atoms with Crippen LogP contribution < -0.4 is 123 Å². The van der Waals surface area contributed by atoms with Gasteiger partial charge in [-0.15, -0.1) is 0 Å². The molecule has 0 bridgehead atoms. The van der Waals surface area contributed by atoms with E-state index in [1.54, 1.807) is 4.90 Å². The smallest absolute Gasteiger partial charge is 0.550 e. The van der Waals surface area contributed by atoms with E-state index in [0.29, 0.717) is 0 Å². The van der Waals surface area contributed by atoms with Crippen LogP contribution in [-0.4, -0.2) is 38.1 Å². The number of benzene rings is 1. The maximum Gasteiger partial charge on any atom is 1.00 e. The Bertz CT molecular complexity index is 475. The van der Waals surface area contributed by atoms with Crippen molar-refractivity contribution >= 4 is 23.3 Å². The van der Waals surface area contributed by atoms with E-state index in [9.17, 15) is 19.8 Å². The standard InChI is InChI=1S/C16H24N2O4.2K/c1-3-17(4-2)13-5-7-14(8-6-13)18(11-9-15(19)20)12-10-16(21)22;;/h5-8H,3-4,9-12H2,1-2H3,(H,19,20)(H,21,22);;/q;2*+1/p-2. The summed E-state index contributed by atoms with van der Waals surface area (Å²) in [6.07, 6.45) is -0.296. The summed E-state index contributed by atoms with van der Waals surface area (Å²) in [5, 5.41) is 21.2. The Hall–Kier alpha value is 1.03. The van der Waals surface area contributed by atoms with Gasteiger partial charge in [0.15, 0.2) is 0 Å². The summed E-state index contributed by atoms with van der Waals surface area (Å²) in [6.45, 7) is 6.36. The summed E-state index contributed by atoms with van der Waals surface area (Å²) in [4.78, 5) is 25.2. The average Bonchev–Trinajstić information content (AvgIpc) is 2.49. The van der Waals surface area contributed by atoms with Crippen molar-refractivity contribution in [2.75, 3.05) is 36.0 Å². The van der Waals surface area contributed by atoms with E-state index >= 15 is 0 Å². The number of aliphatic carboxylic acids is 2. The second-order valence-corrected chi connectivity index (χ2v) is 4.92. The normalized spacial score (nSPS) is 9.42. The first-order valence-corrected chi connectivity index (χ1v) is 7.47. The minimum Gasteiger partial charge on any atom is -0.550 e. The van der Waals surface area contributed by atoms with Gasteiger partial charge in [0.05, 0.1) is 0 Å². The van der Waals surface area contributed by atoms with Gasteiger partial charge in [-0.05, 0) is 38.1 Å². The zero-order valence-corrected chi connectivity index (χ0v) is 21.3. The van der Waals surface area contributed by atoms with Crippen molar-refractivity contribution in [3.8, 4) is 0 Å². The second-order valence-electron chi connectivity index (χ2n) is 4.92. The molecule has 1 aromatic carbocycles. The van der Waals surface area contributed by atoms with Gasteiger partial charge in [-0.1, -0.05) is 0 Å². The van der Waals surface area contributed by atoms with Crippen molar-refractivity contribution in [3.63, 3.8) is 0 Å². The van der Waals surface area contributed by atoms with Crippen LogP contribution in [0, 0.1) is 0 Å². The molecule has 0 amide bonds. The Labute approximate surface area is 228 Å². The summed E-state index contributed by atoms with van der Waals surface area (Å²) >= 11 is 0. The Balaban J connectivity index is 0. The van der Waals surface area contributed by atoms with E-state index in [4.69, 9.17) is 0 Å². The van der Waals surface area contributed by atoms with Crippen molar-refractivity contribution in [2.24, 2.45) is 0 Å². The molecule has 0 aliphatic carbocycles. The van der Waals surface area contributed by atoms with Crippen LogP contribution in [0.3, 0.4) is 0 Å². The van der Waals surface area contributed by atoms with Gasteiger partial charge in [0.1, 0.15) is 0 Å². The summed E-state index contributed by atoms with van der Waals surface area (Å²) in [5.41, 5.74) is 1.87. The van der Waals surface area contributed by atoms with Crippen molar-refractivity contribution < 1.29 is 123 Å². The van der Waals surface area contributed by atoms with E-state index in [0.717, 1.165) is 24.5 Å². The average molecular weight is 385 g/mol. The maximum atomic E-state index is 10.6. The summed E-state index contributed by atoms with van der Waals surface area (Å²) in [5.74, 6) is -2.31. The molecule has 8 heteroatoms. The maximum absolute atomic E-state index is 10.6. The van der Waals surface area contributed by atoms with Gasteiger partial charge in [0, 0.05) is 62.3 Å². The van der Waals surface area contributed by atoms with Gasteiger partial charge in [0.2, 0.25) is 0 Å². The Kier molecular flexibility index (Phi) is 17.2. The SMILES string of the molecule is CCN(CC)c1ccc(N(CCC(=O)[O-])CCC(=O)[O-])cc1.[K+].[K+]. The van der Waals surface area contributed by atoms with Crippen molar-refractivity contribution in [3.05, 3.63) is 24.3 Å². The molecule has 1 rings (SSSR count). The third-order valence-electron chi connectivity index (χ3n) is 3.52. The zero-order valence-electron chi connectivity index (χ0n) is 15.1. The van der Waals surface area contributed by atoms with E-state index in [2.05, 4.69) is 18.7 Å². The van der Waals surface area contributed by atoms with Gasteiger partial charge in [-0.2, -0.15) is 0 Å². The van der Waals surface area contributed by atoms with Gasteiger partial charge in [-0.25, -0.2) is 0 Å². The molecule has 0 aliphatic rings. The topological polar surface area (TPSA) is 86.7 Å². The predicted molar refractivity (Wildman–Crippen MR) is 81.5 cm³/mol. The number of carboxylic acid groups (broad SMARTS) is 2. The minimum absolute atomic E-state index is 0. The third kappa shape index (κ3) is 10.2. The first kappa shape index (κ1) is 27.3. The van der Waals surface area contributed by atoms with Crippen LogP contribution in [0.5, 0.6) is 0 Å². The van der Waals surface area contributed by atoms with Crippen molar-refractivity contribution in [1.29, 1.82) is 0 Å². The van der Waals surface area contributed by atoms with Crippen LogP contribution in [0.1, 0.15) is 26.7 Å². The first-order chi connectivity index (χ1) is 10.5. The number of rotatable bonds is 10. The molecule has 0 N–H and O–H groups in total. The van der Waals surface area contributed by atoms with Crippen LogP contribution in [0.25, 0.3) is 0 Å². The molecule has 1 aromatic rings. The van der Waals surface area contributed by atoms with E-state index in [-0.39, 0.29) is 129 Å². The van der Waals surface area contributed by atoms with Crippen LogP contribution in [0.15, 0.2) is 24.3 Å². The number of hydrogen-bond donors (Lipinski definition) is 0. The minimum atomic E-state index is -1.15. The molecule has 0 saturated heterocycles. The predicted octanol–water partition coefficient (Wildman–Crippen LogP) is -6.37. The Morgan fingerprint density at radius 1 is 0.792 bits per heavy atom. The molecular weight excluding hydrogens is 362 g/mol. The molecule has 0 heterocycles. The van der Waals surface area contributed by atoms with Crippen LogP contribution in [0.4, 0.5) is 11.4 Å².